The topological polar surface area (TPSA) is 31.9 Å². The number of aromatic nitrogens is 2. The molecule has 0 unspecified atom stereocenters. The first-order chi connectivity index (χ1) is 11.5. The van der Waals surface area contributed by atoms with Crippen LogP contribution in [-0.4, -0.2) is 28.2 Å². The Morgan fingerprint density at radius 3 is 2.88 bits per heavy atom. The van der Waals surface area contributed by atoms with E-state index < -0.39 is 11.6 Å². The van der Waals surface area contributed by atoms with Gasteiger partial charge in [0.2, 0.25) is 0 Å². The average molecular weight is 333 g/mol. The van der Waals surface area contributed by atoms with E-state index in [1.165, 1.54) is 17.3 Å². The lowest BCUT2D eigenvalue weighted by Crippen LogP contribution is -2.34. The van der Waals surface area contributed by atoms with Crippen LogP contribution in [-0.2, 0) is 13.0 Å². The lowest BCUT2D eigenvalue weighted by Gasteiger charge is -2.33. The molecule has 0 bridgehead atoms. The summed E-state index contributed by atoms with van der Waals surface area (Å²) in [6.07, 6.45) is 5.16. The van der Waals surface area contributed by atoms with E-state index in [0.29, 0.717) is 23.9 Å². The zero-order valence-corrected chi connectivity index (χ0v) is 14.4. The predicted molar refractivity (Wildman–Crippen MR) is 90.7 cm³/mol. The van der Waals surface area contributed by atoms with Crippen LogP contribution in [0.4, 0.5) is 8.78 Å². The van der Waals surface area contributed by atoms with Gasteiger partial charge in [-0.2, -0.15) is 5.10 Å². The molecule has 1 aliphatic rings. The highest BCUT2D eigenvalue weighted by molar-refractivity contribution is 5.23. The summed E-state index contributed by atoms with van der Waals surface area (Å²) in [6.45, 7) is 6.77. The van der Waals surface area contributed by atoms with Crippen molar-refractivity contribution in [3.8, 4) is 0 Å². The summed E-state index contributed by atoms with van der Waals surface area (Å²) in [6, 6.07) is 3.84. The number of piperidine rings is 1. The van der Waals surface area contributed by atoms with Gasteiger partial charge in [0.05, 0.1) is 6.20 Å². The molecule has 1 fully saturated rings. The van der Waals surface area contributed by atoms with Gasteiger partial charge in [0.25, 0.3) is 0 Å². The Balaban J connectivity index is 1.69. The van der Waals surface area contributed by atoms with Gasteiger partial charge >= 0.3 is 0 Å². The normalized spacial score (nSPS) is 19.1. The molecule has 3 rings (SSSR count). The molecule has 0 aliphatic carbocycles. The molecule has 5 heteroatoms. The highest BCUT2D eigenvalue weighted by Crippen LogP contribution is 2.29. The summed E-state index contributed by atoms with van der Waals surface area (Å²) in [5.41, 5.74) is 3.09. The molecular formula is C19H25F2N3. The van der Waals surface area contributed by atoms with Crippen LogP contribution in [0.3, 0.4) is 0 Å². The number of hydrogen-bond acceptors (Lipinski definition) is 2. The number of H-pyrrole nitrogens is 1. The number of nitrogens with zero attached hydrogens (tertiary/aromatic N) is 2. The number of benzene rings is 1. The fourth-order valence-corrected chi connectivity index (χ4v) is 3.60. The number of aromatic amines is 1. The van der Waals surface area contributed by atoms with Gasteiger partial charge in [-0.25, -0.2) is 8.78 Å². The van der Waals surface area contributed by atoms with Gasteiger partial charge in [0, 0.05) is 36.3 Å². The Labute approximate surface area is 142 Å². The van der Waals surface area contributed by atoms with Gasteiger partial charge in [-0.1, -0.05) is 19.9 Å². The molecule has 1 aromatic heterocycles. The van der Waals surface area contributed by atoms with Crippen LogP contribution in [0, 0.1) is 17.6 Å². The zero-order valence-electron chi connectivity index (χ0n) is 14.4. The van der Waals surface area contributed by atoms with E-state index in [9.17, 15) is 8.78 Å². The van der Waals surface area contributed by atoms with Crippen LogP contribution in [0.5, 0.6) is 0 Å². The van der Waals surface area contributed by atoms with Crippen LogP contribution in [0.1, 0.15) is 49.4 Å². The zero-order chi connectivity index (χ0) is 17.1. The van der Waals surface area contributed by atoms with E-state index in [4.69, 9.17) is 0 Å². The van der Waals surface area contributed by atoms with Crippen molar-refractivity contribution in [2.24, 2.45) is 5.92 Å². The third-order valence-electron chi connectivity index (χ3n) is 4.70. The summed E-state index contributed by atoms with van der Waals surface area (Å²) in [7, 11) is 0. The predicted octanol–water partition coefficient (Wildman–Crippen LogP) is 4.27. The summed E-state index contributed by atoms with van der Waals surface area (Å²) in [4.78, 5) is 2.25. The maximum Gasteiger partial charge on any atom is 0.130 e. The minimum absolute atomic E-state index is 0.401. The lowest BCUT2D eigenvalue weighted by atomic mass is 9.90. The van der Waals surface area contributed by atoms with Crippen molar-refractivity contribution >= 4 is 0 Å². The number of halogens is 2. The molecule has 1 N–H and O–H groups in total. The van der Waals surface area contributed by atoms with Crippen LogP contribution in [0.2, 0.25) is 0 Å². The molecule has 0 spiro atoms. The molecule has 1 aliphatic heterocycles. The van der Waals surface area contributed by atoms with E-state index in [1.54, 1.807) is 6.07 Å². The first kappa shape index (κ1) is 17.1. The molecular weight excluding hydrogens is 308 g/mol. The molecule has 24 heavy (non-hydrogen) atoms. The van der Waals surface area contributed by atoms with Crippen molar-refractivity contribution in [3.05, 3.63) is 52.9 Å². The van der Waals surface area contributed by atoms with Crippen molar-refractivity contribution in [1.82, 2.24) is 15.1 Å². The van der Waals surface area contributed by atoms with Crippen LogP contribution in [0.15, 0.2) is 24.4 Å². The fraction of sp³-hybridized carbons (Fsp3) is 0.526. The maximum absolute atomic E-state index is 13.9. The molecule has 2 heterocycles. The Kier molecular flexibility index (Phi) is 5.29. The van der Waals surface area contributed by atoms with E-state index in [0.717, 1.165) is 38.4 Å². The first-order valence-electron chi connectivity index (χ1n) is 8.71. The Hall–Kier alpha value is -1.75. The summed E-state index contributed by atoms with van der Waals surface area (Å²) in [5.74, 6) is 0.00980. The number of likely N-dealkylation sites (tertiary alicyclic amines) is 1. The monoisotopic (exact) mass is 333 g/mol. The molecule has 0 radical (unpaired) electrons. The largest absolute Gasteiger partial charge is 0.298 e. The second-order valence-corrected chi connectivity index (χ2v) is 7.22. The lowest BCUT2D eigenvalue weighted by molar-refractivity contribution is 0.195. The summed E-state index contributed by atoms with van der Waals surface area (Å²) >= 11 is 0. The Bertz CT molecular complexity index is 681. The summed E-state index contributed by atoms with van der Waals surface area (Å²) in [5, 5.41) is 7.42. The van der Waals surface area contributed by atoms with Gasteiger partial charge < -0.3 is 0 Å². The van der Waals surface area contributed by atoms with E-state index >= 15 is 0 Å². The average Bonchev–Trinajstić information content (AvgIpc) is 2.98. The van der Waals surface area contributed by atoms with E-state index in [-0.39, 0.29) is 0 Å². The quantitative estimate of drug-likeness (QED) is 0.886. The van der Waals surface area contributed by atoms with Crippen molar-refractivity contribution in [2.45, 2.75) is 45.6 Å². The highest BCUT2D eigenvalue weighted by atomic mass is 19.1. The molecule has 1 saturated heterocycles. The van der Waals surface area contributed by atoms with E-state index in [1.807, 2.05) is 6.20 Å². The molecule has 0 saturated carbocycles. The maximum atomic E-state index is 13.9. The van der Waals surface area contributed by atoms with Crippen LogP contribution >= 0.6 is 0 Å². The van der Waals surface area contributed by atoms with Gasteiger partial charge in [-0.05, 0) is 43.4 Å². The second-order valence-electron chi connectivity index (χ2n) is 7.22. The van der Waals surface area contributed by atoms with Crippen molar-refractivity contribution in [1.29, 1.82) is 0 Å². The first-order valence-corrected chi connectivity index (χ1v) is 8.71. The van der Waals surface area contributed by atoms with Gasteiger partial charge in [-0.3, -0.25) is 10.00 Å². The van der Waals surface area contributed by atoms with Crippen LogP contribution in [0.25, 0.3) is 0 Å². The van der Waals surface area contributed by atoms with Gasteiger partial charge in [-0.15, -0.1) is 0 Å². The smallest absolute Gasteiger partial charge is 0.130 e. The third kappa shape index (κ3) is 4.01. The number of nitrogens with one attached hydrogen (secondary N) is 1. The molecule has 1 aromatic carbocycles. The highest BCUT2D eigenvalue weighted by Gasteiger charge is 2.25. The second kappa shape index (κ2) is 7.43. The molecule has 1 atom stereocenters. The molecule has 2 aromatic rings. The van der Waals surface area contributed by atoms with Gasteiger partial charge in [0.1, 0.15) is 11.6 Å². The van der Waals surface area contributed by atoms with Crippen LogP contribution < -0.4 is 0 Å². The van der Waals surface area contributed by atoms with E-state index in [2.05, 4.69) is 28.9 Å². The number of rotatable bonds is 5. The third-order valence-corrected chi connectivity index (χ3v) is 4.70. The van der Waals surface area contributed by atoms with Crippen molar-refractivity contribution < 1.29 is 8.78 Å². The molecule has 0 amide bonds. The minimum Gasteiger partial charge on any atom is -0.298 e. The Morgan fingerprint density at radius 2 is 2.12 bits per heavy atom. The van der Waals surface area contributed by atoms with Crippen molar-refractivity contribution in [2.75, 3.05) is 13.1 Å². The standard InChI is InChI=1S/C19H25F2N3/c1-13(2)8-16-10-22-23-19(16)15-4-3-7-24(12-15)11-14-5-6-17(20)9-18(14)21/h5-6,9-10,13,15H,3-4,7-8,11-12H2,1-2H3,(H,22,23)/t15-/m1/s1. The fourth-order valence-electron chi connectivity index (χ4n) is 3.60. The molecule has 3 nitrogen and oxygen atoms in total. The SMILES string of the molecule is CC(C)Cc1cn[nH]c1[C@@H]1CCCN(Cc2ccc(F)cc2F)C1. The number of hydrogen-bond donors (Lipinski definition) is 1. The summed E-state index contributed by atoms with van der Waals surface area (Å²) < 4.78 is 27.0. The Morgan fingerprint density at radius 1 is 1.29 bits per heavy atom. The van der Waals surface area contributed by atoms with Gasteiger partial charge in [0.15, 0.2) is 0 Å². The van der Waals surface area contributed by atoms with Crippen molar-refractivity contribution in [3.63, 3.8) is 0 Å². The minimum atomic E-state index is -0.524. The molecule has 130 valence electrons.